The average Bonchev–Trinajstić information content (AvgIpc) is 2.72. The van der Waals surface area contributed by atoms with Crippen molar-refractivity contribution in [1.29, 1.82) is 0 Å². The first-order valence-corrected chi connectivity index (χ1v) is 11.4. The van der Waals surface area contributed by atoms with Crippen molar-refractivity contribution in [3.05, 3.63) is 35.4 Å². The topological polar surface area (TPSA) is 81.7 Å². The zero-order chi connectivity index (χ0) is 23.1. The summed E-state index contributed by atoms with van der Waals surface area (Å²) < 4.78 is 10.4. The molecule has 1 aromatic carbocycles. The Morgan fingerprint density at radius 3 is 1.71 bits per heavy atom. The lowest BCUT2D eigenvalue weighted by Crippen LogP contribution is -2.52. The van der Waals surface area contributed by atoms with E-state index in [0.717, 1.165) is 18.4 Å². The van der Waals surface area contributed by atoms with Crippen molar-refractivity contribution in [3.63, 3.8) is 0 Å². The molecule has 6 nitrogen and oxygen atoms in total. The van der Waals surface area contributed by atoms with Gasteiger partial charge in [0.25, 0.3) is 0 Å². The molecule has 0 aliphatic carbocycles. The Balaban J connectivity index is 2.76. The minimum atomic E-state index is -1.12. The fourth-order valence-electron chi connectivity index (χ4n) is 3.59. The van der Waals surface area contributed by atoms with Crippen LogP contribution in [0.25, 0.3) is 0 Å². The summed E-state index contributed by atoms with van der Waals surface area (Å²) >= 11 is 0. The molecule has 0 heterocycles. The van der Waals surface area contributed by atoms with Gasteiger partial charge < -0.3 is 14.8 Å². The molecule has 1 rings (SSSR count). The van der Waals surface area contributed by atoms with Crippen molar-refractivity contribution in [2.45, 2.75) is 91.0 Å². The molecule has 0 saturated carbocycles. The molecule has 0 spiro atoms. The minimum absolute atomic E-state index is 0.118. The summed E-state index contributed by atoms with van der Waals surface area (Å²) in [6.07, 6.45) is 11.2. The zero-order valence-electron chi connectivity index (χ0n) is 19.6. The molecule has 6 heteroatoms. The van der Waals surface area contributed by atoms with Gasteiger partial charge in [-0.25, -0.2) is 0 Å². The summed E-state index contributed by atoms with van der Waals surface area (Å²) in [7, 11) is 0. The number of hydrogen-bond donors (Lipinski definition) is 1. The van der Waals surface area contributed by atoms with Crippen molar-refractivity contribution in [1.82, 2.24) is 5.32 Å². The number of nitrogens with one attached hydrogen (secondary N) is 1. The van der Waals surface area contributed by atoms with E-state index in [4.69, 9.17) is 9.47 Å². The number of ether oxygens (including phenoxy) is 2. The standard InChI is InChI=1S/C25H39NO5/c1-5-6-7-8-9-10-11-12-13-23-14-16-24(17-15-23)25(26-20(2)27,18-30-21(3)28)19-31-22(4)29/h14-17H,5-13,18-19H2,1-4H3,(H,26,27). The second-order valence-electron chi connectivity index (χ2n) is 8.25. The van der Waals surface area contributed by atoms with Crippen molar-refractivity contribution >= 4 is 17.8 Å². The van der Waals surface area contributed by atoms with E-state index in [2.05, 4.69) is 12.2 Å². The van der Waals surface area contributed by atoms with Crippen LogP contribution in [0.1, 0.15) is 90.2 Å². The van der Waals surface area contributed by atoms with Gasteiger partial charge in [-0.05, 0) is 24.0 Å². The first-order chi connectivity index (χ1) is 14.8. The molecule has 0 aliphatic heterocycles. The molecule has 0 saturated heterocycles. The average molecular weight is 434 g/mol. The third-order valence-electron chi connectivity index (χ3n) is 5.28. The van der Waals surface area contributed by atoms with Crippen LogP contribution in [-0.4, -0.2) is 31.1 Å². The van der Waals surface area contributed by atoms with Crippen LogP contribution < -0.4 is 5.32 Å². The number of carbonyl (C=O) groups is 3. The molecule has 31 heavy (non-hydrogen) atoms. The Morgan fingerprint density at radius 1 is 0.774 bits per heavy atom. The predicted octanol–water partition coefficient (Wildman–Crippen LogP) is 4.83. The van der Waals surface area contributed by atoms with Crippen LogP contribution in [0.15, 0.2) is 24.3 Å². The highest BCUT2D eigenvalue weighted by atomic mass is 16.5. The second-order valence-corrected chi connectivity index (χ2v) is 8.25. The van der Waals surface area contributed by atoms with E-state index in [1.165, 1.54) is 71.3 Å². The molecule has 0 aromatic heterocycles. The number of carbonyl (C=O) groups excluding carboxylic acids is 3. The summed E-state index contributed by atoms with van der Waals surface area (Å²) in [5, 5.41) is 2.83. The van der Waals surface area contributed by atoms with E-state index in [1.807, 2.05) is 24.3 Å². The highest BCUT2D eigenvalue weighted by molar-refractivity contribution is 5.74. The van der Waals surface area contributed by atoms with Crippen LogP contribution >= 0.6 is 0 Å². The summed E-state index contributed by atoms with van der Waals surface area (Å²) in [6, 6.07) is 7.86. The zero-order valence-corrected chi connectivity index (χ0v) is 19.6. The maximum Gasteiger partial charge on any atom is 0.302 e. The van der Waals surface area contributed by atoms with E-state index in [9.17, 15) is 14.4 Å². The number of unbranched alkanes of at least 4 members (excludes halogenated alkanes) is 7. The highest BCUT2D eigenvalue weighted by Gasteiger charge is 2.36. The fraction of sp³-hybridized carbons (Fsp3) is 0.640. The Kier molecular flexibility index (Phi) is 12.6. The number of esters is 2. The molecule has 1 amide bonds. The van der Waals surface area contributed by atoms with Gasteiger partial charge in [0, 0.05) is 20.8 Å². The quantitative estimate of drug-likeness (QED) is 0.316. The van der Waals surface area contributed by atoms with Crippen LogP contribution in [-0.2, 0) is 35.8 Å². The smallest absolute Gasteiger partial charge is 0.302 e. The molecule has 0 aliphatic rings. The van der Waals surface area contributed by atoms with E-state index in [-0.39, 0.29) is 19.1 Å². The molecular formula is C25H39NO5. The number of hydrogen-bond acceptors (Lipinski definition) is 5. The maximum absolute atomic E-state index is 11.9. The van der Waals surface area contributed by atoms with E-state index in [1.54, 1.807) is 0 Å². The van der Waals surface area contributed by atoms with Gasteiger partial charge in [-0.15, -0.1) is 0 Å². The number of aryl methyl sites for hydroxylation is 1. The minimum Gasteiger partial charge on any atom is -0.463 e. The lowest BCUT2D eigenvalue weighted by molar-refractivity contribution is -0.150. The van der Waals surface area contributed by atoms with Crippen LogP contribution in [0.2, 0.25) is 0 Å². The van der Waals surface area contributed by atoms with E-state index < -0.39 is 17.5 Å². The summed E-state index contributed by atoms with van der Waals surface area (Å²) in [5.74, 6) is -1.24. The summed E-state index contributed by atoms with van der Waals surface area (Å²) in [4.78, 5) is 34.7. The Morgan fingerprint density at radius 2 is 1.26 bits per heavy atom. The number of amides is 1. The van der Waals surface area contributed by atoms with Crippen molar-refractivity contribution in [2.24, 2.45) is 0 Å². The number of benzene rings is 1. The first-order valence-electron chi connectivity index (χ1n) is 11.4. The van der Waals surface area contributed by atoms with E-state index in [0.29, 0.717) is 0 Å². The van der Waals surface area contributed by atoms with E-state index >= 15 is 0 Å². The molecule has 174 valence electrons. The molecule has 1 aromatic rings. The van der Waals surface area contributed by atoms with Gasteiger partial charge in [0.15, 0.2) is 0 Å². The third kappa shape index (κ3) is 11.0. The Hall–Kier alpha value is -2.37. The van der Waals surface area contributed by atoms with Gasteiger partial charge in [0.1, 0.15) is 18.8 Å². The second kappa shape index (κ2) is 14.6. The van der Waals surface area contributed by atoms with Gasteiger partial charge >= 0.3 is 11.9 Å². The van der Waals surface area contributed by atoms with Gasteiger partial charge in [-0.1, -0.05) is 76.1 Å². The predicted molar refractivity (Wildman–Crippen MR) is 122 cm³/mol. The lowest BCUT2D eigenvalue weighted by atomic mass is 9.89. The molecule has 0 unspecified atom stereocenters. The SMILES string of the molecule is CCCCCCCCCCc1ccc(C(COC(C)=O)(COC(C)=O)NC(C)=O)cc1. The summed E-state index contributed by atoms with van der Waals surface area (Å²) in [5.41, 5.74) is 0.816. The van der Waals surface area contributed by atoms with Gasteiger partial charge in [0.05, 0.1) is 0 Å². The van der Waals surface area contributed by atoms with Gasteiger partial charge in [-0.3, -0.25) is 14.4 Å². The highest BCUT2D eigenvalue weighted by Crippen LogP contribution is 2.24. The van der Waals surface area contributed by atoms with Crippen molar-refractivity contribution in [3.8, 4) is 0 Å². The normalized spacial score (nSPS) is 11.1. The maximum atomic E-state index is 11.9. The Labute approximate surface area is 187 Å². The first kappa shape index (κ1) is 26.7. The third-order valence-corrected chi connectivity index (χ3v) is 5.28. The lowest BCUT2D eigenvalue weighted by Gasteiger charge is -2.33. The monoisotopic (exact) mass is 433 g/mol. The van der Waals surface area contributed by atoms with Gasteiger partial charge in [0.2, 0.25) is 5.91 Å². The van der Waals surface area contributed by atoms with Crippen LogP contribution in [0, 0.1) is 0 Å². The molecule has 0 radical (unpaired) electrons. The molecule has 0 fully saturated rings. The van der Waals surface area contributed by atoms with Crippen LogP contribution in [0.4, 0.5) is 0 Å². The van der Waals surface area contributed by atoms with Crippen LogP contribution in [0.5, 0.6) is 0 Å². The largest absolute Gasteiger partial charge is 0.463 e. The molecule has 1 N–H and O–H groups in total. The fourth-order valence-corrected chi connectivity index (χ4v) is 3.59. The van der Waals surface area contributed by atoms with Crippen LogP contribution in [0.3, 0.4) is 0 Å². The number of rotatable bonds is 15. The molecular weight excluding hydrogens is 394 g/mol. The van der Waals surface area contributed by atoms with Gasteiger partial charge in [-0.2, -0.15) is 0 Å². The molecule has 0 atom stereocenters. The van der Waals surface area contributed by atoms with Crippen molar-refractivity contribution in [2.75, 3.05) is 13.2 Å². The summed E-state index contributed by atoms with van der Waals surface area (Å²) in [6.45, 7) is 5.98. The van der Waals surface area contributed by atoms with Crippen molar-refractivity contribution < 1.29 is 23.9 Å². The molecule has 0 bridgehead atoms. The Bertz CT molecular complexity index is 666.